The van der Waals surface area contributed by atoms with E-state index in [1.54, 1.807) is 6.07 Å². The fourth-order valence-electron chi connectivity index (χ4n) is 5.23. The van der Waals surface area contributed by atoms with Gasteiger partial charge in [-0.25, -0.2) is 0 Å². The average Bonchev–Trinajstić information content (AvgIpc) is 2.77. The van der Waals surface area contributed by atoms with E-state index in [0.717, 1.165) is 65.1 Å². The van der Waals surface area contributed by atoms with Gasteiger partial charge in [0.15, 0.2) is 0 Å². The molecular weight excluding hydrogens is 390 g/mol. The molecule has 160 valence electrons. The molecule has 1 aliphatic carbocycles. The van der Waals surface area contributed by atoms with Crippen molar-refractivity contribution in [1.82, 2.24) is 15.5 Å². The number of benzene rings is 1. The Hall–Kier alpha value is -1.34. The molecule has 0 spiro atoms. The Kier molecular flexibility index (Phi) is 6.96. The standard InChI is InChI=1S/C22H32ClN3O3/c23-19-3-1-2-4-20(19)29-12-9-25-21(27)22-7-5-18(26-10-13-28-14-11-26)15-17(22)6-8-24-16-22/h1-4,17-18,24H,5-16H2,(H,25,27)/t17-,18-,22-/m1/s1. The number of fused-ring (bicyclic) bond motifs is 1. The second kappa shape index (κ2) is 9.65. The van der Waals surface area contributed by atoms with Gasteiger partial charge in [-0.05, 0) is 50.3 Å². The first-order chi connectivity index (χ1) is 14.2. The van der Waals surface area contributed by atoms with E-state index in [4.69, 9.17) is 21.1 Å². The molecule has 2 aliphatic heterocycles. The van der Waals surface area contributed by atoms with Crippen LogP contribution in [0.15, 0.2) is 24.3 Å². The van der Waals surface area contributed by atoms with Crippen LogP contribution in [0.5, 0.6) is 5.75 Å². The number of para-hydroxylation sites is 1. The topological polar surface area (TPSA) is 62.8 Å². The number of nitrogens with zero attached hydrogens (tertiary/aromatic N) is 1. The highest BCUT2D eigenvalue weighted by molar-refractivity contribution is 6.32. The summed E-state index contributed by atoms with van der Waals surface area (Å²) in [6, 6.07) is 8.01. The lowest BCUT2D eigenvalue weighted by Gasteiger charge is -2.50. The van der Waals surface area contributed by atoms with Crippen molar-refractivity contribution in [2.75, 3.05) is 52.5 Å². The molecule has 3 fully saturated rings. The fourth-order valence-corrected chi connectivity index (χ4v) is 5.42. The van der Waals surface area contributed by atoms with Crippen LogP contribution in [-0.2, 0) is 9.53 Å². The first kappa shape index (κ1) is 20.9. The number of carbonyl (C=O) groups excluding carboxylic acids is 1. The summed E-state index contributed by atoms with van der Waals surface area (Å²) in [6.07, 6.45) is 4.22. The minimum Gasteiger partial charge on any atom is -0.490 e. The van der Waals surface area contributed by atoms with Crippen molar-refractivity contribution in [1.29, 1.82) is 0 Å². The van der Waals surface area contributed by atoms with Crippen LogP contribution in [0.2, 0.25) is 5.02 Å². The van der Waals surface area contributed by atoms with Crippen LogP contribution in [0, 0.1) is 11.3 Å². The summed E-state index contributed by atoms with van der Waals surface area (Å²) in [7, 11) is 0. The molecule has 0 aromatic heterocycles. The first-order valence-corrected chi connectivity index (χ1v) is 11.2. The zero-order chi connectivity index (χ0) is 20.1. The van der Waals surface area contributed by atoms with Crippen molar-refractivity contribution in [3.05, 3.63) is 29.3 Å². The summed E-state index contributed by atoms with van der Waals surface area (Å²) in [6.45, 7) is 6.41. The normalized spacial score (nSPS) is 30.4. The van der Waals surface area contributed by atoms with Gasteiger partial charge in [0.1, 0.15) is 12.4 Å². The summed E-state index contributed by atoms with van der Waals surface area (Å²) >= 11 is 6.12. The van der Waals surface area contributed by atoms with Crippen molar-refractivity contribution in [2.45, 2.75) is 31.7 Å². The number of amides is 1. The second-order valence-corrected chi connectivity index (χ2v) is 8.84. The van der Waals surface area contributed by atoms with Gasteiger partial charge >= 0.3 is 0 Å². The minimum absolute atomic E-state index is 0.179. The highest BCUT2D eigenvalue weighted by Gasteiger charge is 2.50. The quantitative estimate of drug-likeness (QED) is 0.690. The molecule has 3 atom stereocenters. The van der Waals surface area contributed by atoms with Crippen molar-refractivity contribution >= 4 is 17.5 Å². The molecule has 0 unspecified atom stereocenters. The van der Waals surface area contributed by atoms with Crippen LogP contribution in [0.3, 0.4) is 0 Å². The maximum absolute atomic E-state index is 13.2. The molecule has 4 rings (SSSR count). The SMILES string of the molecule is O=C(NCCOc1ccccc1Cl)[C@@]12CC[C@@H](N3CCOCC3)C[C@H]1CCNC2. The lowest BCUT2D eigenvalue weighted by molar-refractivity contribution is -0.140. The number of nitrogens with one attached hydrogen (secondary N) is 2. The molecule has 2 saturated heterocycles. The molecule has 29 heavy (non-hydrogen) atoms. The van der Waals surface area contributed by atoms with Gasteiger partial charge in [-0.3, -0.25) is 9.69 Å². The van der Waals surface area contributed by atoms with Crippen molar-refractivity contribution in [2.24, 2.45) is 11.3 Å². The number of piperidine rings is 1. The largest absolute Gasteiger partial charge is 0.490 e. The molecule has 1 amide bonds. The number of carbonyl (C=O) groups is 1. The van der Waals surface area contributed by atoms with E-state index in [-0.39, 0.29) is 11.3 Å². The number of hydrogen-bond donors (Lipinski definition) is 2. The van der Waals surface area contributed by atoms with Crippen LogP contribution in [0.25, 0.3) is 0 Å². The molecule has 3 aliphatic rings. The predicted molar refractivity (Wildman–Crippen MR) is 113 cm³/mol. The van der Waals surface area contributed by atoms with Gasteiger partial charge in [-0.15, -0.1) is 0 Å². The minimum atomic E-state index is -0.286. The Morgan fingerprint density at radius 3 is 2.97 bits per heavy atom. The molecule has 1 saturated carbocycles. The number of morpholine rings is 1. The number of hydrogen-bond acceptors (Lipinski definition) is 5. The van der Waals surface area contributed by atoms with E-state index in [1.807, 2.05) is 18.2 Å². The van der Waals surface area contributed by atoms with Crippen LogP contribution in [0.1, 0.15) is 25.7 Å². The number of ether oxygens (including phenoxy) is 2. The second-order valence-electron chi connectivity index (χ2n) is 8.43. The highest BCUT2D eigenvalue weighted by Crippen LogP contribution is 2.46. The zero-order valence-electron chi connectivity index (χ0n) is 17.0. The Bertz CT molecular complexity index is 698. The van der Waals surface area contributed by atoms with Crippen molar-refractivity contribution in [3.63, 3.8) is 0 Å². The maximum Gasteiger partial charge on any atom is 0.227 e. The molecule has 7 heteroatoms. The Morgan fingerprint density at radius 1 is 1.31 bits per heavy atom. The Balaban J connectivity index is 1.31. The predicted octanol–water partition coefficient (Wildman–Crippen LogP) is 2.32. The van der Waals surface area contributed by atoms with Gasteiger partial charge in [0.05, 0.1) is 30.2 Å². The summed E-state index contributed by atoms with van der Waals surface area (Å²) < 4.78 is 11.2. The van der Waals surface area contributed by atoms with Crippen LogP contribution >= 0.6 is 11.6 Å². The average molecular weight is 422 g/mol. The van der Waals surface area contributed by atoms with Gasteiger partial charge < -0.3 is 20.1 Å². The fraction of sp³-hybridized carbons (Fsp3) is 0.682. The number of halogens is 1. The summed E-state index contributed by atoms with van der Waals surface area (Å²) in [5.41, 5.74) is -0.286. The van der Waals surface area contributed by atoms with Crippen LogP contribution in [0.4, 0.5) is 0 Å². The third-order valence-electron chi connectivity index (χ3n) is 6.87. The van der Waals surface area contributed by atoms with E-state index < -0.39 is 0 Å². The van der Waals surface area contributed by atoms with E-state index in [0.29, 0.717) is 35.9 Å². The summed E-state index contributed by atoms with van der Waals surface area (Å²) in [5, 5.41) is 7.22. The van der Waals surface area contributed by atoms with Gasteiger partial charge in [0.2, 0.25) is 5.91 Å². The van der Waals surface area contributed by atoms with Crippen molar-refractivity contribution < 1.29 is 14.3 Å². The van der Waals surface area contributed by atoms with E-state index in [9.17, 15) is 4.79 Å². The maximum atomic E-state index is 13.2. The monoisotopic (exact) mass is 421 g/mol. The molecule has 6 nitrogen and oxygen atoms in total. The third kappa shape index (κ3) is 4.71. The Morgan fingerprint density at radius 2 is 2.14 bits per heavy atom. The number of rotatable bonds is 6. The molecule has 2 N–H and O–H groups in total. The van der Waals surface area contributed by atoms with E-state index in [1.165, 1.54) is 0 Å². The Labute approximate surface area is 178 Å². The molecule has 0 radical (unpaired) electrons. The van der Waals surface area contributed by atoms with Crippen LogP contribution < -0.4 is 15.4 Å². The molecule has 1 aromatic carbocycles. The van der Waals surface area contributed by atoms with E-state index in [2.05, 4.69) is 15.5 Å². The lowest BCUT2D eigenvalue weighted by atomic mass is 9.61. The molecular formula is C22H32ClN3O3. The molecule has 0 bridgehead atoms. The molecule has 2 heterocycles. The third-order valence-corrected chi connectivity index (χ3v) is 7.18. The zero-order valence-corrected chi connectivity index (χ0v) is 17.8. The molecule has 1 aromatic rings. The van der Waals surface area contributed by atoms with Gasteiger partial charge in [0.25, 0.3) is 0 Å². The first-order valence-electron chi connectivity index (χ1n) is 10.9. The van der Waals surface area contributed by atoms with Gasteiger partial charge in [-0.1, -0.05) is 23.7 Å². The van der Waals surface area contributed by atoms with Crippen LogP contribution in [-0.4, -0.2) is 69.4 Å². The summed E-state index contributed by atoms with van der Waals surface area (Å²) in [4.78, 5) is 15.8. The smallest absolute Gasteiger partial charge is 0.227 e. The van der Waals surface area contributed by atoms with E-state index >= 15 is 0 Å². The highest BCUT2D eigenvalue weighted by atomic mass is 35.5. The van der Waals surface area contributed by atoms with Gasteiger partial charge in [0, 0.05) is 25.7 Å². The van der Waals surface area contributed by atoms with Gasteiger partial charge in [-0.2, -0.15) is 0 Å². The van der Waals surface area contributed by atoms with Crippen molar-refractivity contribution in [3.8, 4) is 5.75 Å². The lowest BCUT2D eigenvalue weighted by Crippen LogP contribution is -2.60. The summed E-state index contributed by atoms with van der Waals surface area (Å²) in [5.74, 6) is 1.28.